The van der Waals surface area contributed by atoms with E-state index < -0.39 is 0 Å². The summed E-state index contributed by atoms with van der Waals surface area (Å²) in [4.78, 5) is 12.4. The van der Waals surface area contributed by atoms with Crippen LogP contribution in [0.15, 0.2) is 0 Å². The lowest BCUT2D eigenvalue weighted by molar-refractivity contribution is -0.124. The Hall–Kier alpha value is -0.530. The number of nitrogens with one attached hydrogen (secondary N) is 1. The summed E-state index contributed by atoms with van der Waals surface area (Å²) in [5, 5.41) is 3.41. The van der Waals surface area contributed by atoms with Gasteiger partial charge in [0.15, 0.2) is 0 Å². The Morgan fingerprint density at radius 1 is 1.10 bits per heavy atom. The summed E-state index contributed by atoms with van der Waals surface area (Å²) in [6.45, 7) is 7.24. The van der Waals surface area contributed by atoms with Crippen LogP contribution >= 0.6 is 0 Å². The second-order valence-electron chi connectivity index (χ2n) is 8.44. The van der Waals surface area contributed by atoms with Crippen LogP contribution in [0.4, 0.5) is 0 Å². The highest BCUT2D eigenvalue weighted by molar-refractivity contribution is 5.76. The lowest BCUT2D eigenvalue weighted by atomic mass is 9.69. The molecule has 0 aromatic carbocycles. The quantitative estimate of drug-likeness (QED) is 0.819. The van der Waals surface area contributed by atoms with Gasteiger partial charge in [0, 0.05) is 12.5 Å². The number of amides is 1. The van der Waals surface area contributed by atoms with Gasteiger partial charge in [-0.1, -0.05) is 40.0 Å². The van der Waals surface area contributed by atoms with Crippen LogP contribution in [0.1, 0.15) is 78.6 Å². The summed E-state index contributed by atoms with van der Waals surface area (Å²) >= 11 is 0. The highest BCUT2D eigenvalue weighted by atomic mass is 16.1. The molecule has 0 radical (unpaired) electrons. The van der Waals surface area contributed by atoms with Gasteiger partial charge in [-0.3, -0.25) is 4.79 Å². The zero-order valence-electron chi connectivity index (χ0n) is 13.5. The van der Waals surface area contributed by atoms with Crippen molar-refractivity contribution >= 4 is 5.91 Å². The average Bonchev–Trinajstić information content (AvgIpc) is 2.73. The summed E-state index contributed by atoms with van der Waals surface area (Å²) in [6.07, 6.45) is 11.2. The third-order valence-electron chi connectivity index (χ3n) is 7.33. The molecule has 3 fully saturated rings. The Labute approximate surface area is 124 Å². The Morgan fingerprint density at radius 3 is 2.35 bits per heavy atom. The maximum absolute atomic E-state index is 12.4. The lowest BCUT2D eigenvalue weighted by Crippen LogP contribution is -2.47. The summed E-state index contributed by atoms with van der Waals surface area (Å²) in [7, 11) is 0. The van der Waals surface area contributed by atoms with E-state index in [1.807, 2.05) is 0 Å². The number of hydrogen-bond donors (Lipinski definition) is 1. The number of rotatable bonds is 3. The fourth-order valence-corrected chi connectivity index (χ4v) is 5.33. The molecule has 3 saturated carbocycles. The fourth-order valence-electron chi connectivity index (χ4n) is 5.33. The highest BCUT2D eigenvalue weighted by Gasteiger charge is 2.61. The molecule has 114 valence electrons. The van der Waals surface area contributed by atoms with Crippen molar-refractivity contribution in [3.63, 3.8) is 0 Å². The van der Waals surface area contributed by atoms with Gasteiger partial charge in [0.05, 0.1) is 0 Å². The summed E-state index contributed by atoms with van der Waals surface area (Å²) in [6, 6.07) is 0.423. The maximum atomic E-state index is 12.4. The van der Waals surface area contributed by atoms with Crippen molar-refractivity contribution in [2.24, 2.45) is 22.7 Å². The molecular formula is C18H31NO. The minimum Gasteiger partial charge on any atom is -0.353 e. The first-order chi connectivity index (χ1) is 9.43. The molecule has 0 aromatic heterocycles. The van der Waals surface area contributed by atoms with Crippen molar-refractivity contribution in [2.45, 2.75) is 84.6 Å². The molecule has 1 amide bonds. The Bertz CT molecular complexity index is 383. The van der Waals surface area contributed by atoms with Gasteiger partial charge in [-0.15, -0.1) is 0 Å². The fraction of sp³-hybridized carbons (Fsp3) is 0.944. The first-order valence-electron chi connectivity index (χ1n) is 8.73. The van der Waals surface area contributed by atoms with E-state index in [0.29, 0.717) is 28.7 Å². The lowest BCUT2D eigenvalue weighted by Gasteiger charge is -2.39. The van der Waals surface area contributed by atoms with E-state index in [9.17, 15) is 4.79 Å². The number of fused-ring (bicyclic) bond motifs is 2. The van der Waals surface area contributed by atoms with E-state index in [0.717, 1.165) is 12.3 Å². The molecule has 2 heteroatoms. The minimum absolute atomic E-state index is 0.319. The Balaban J connectivity index is 1.57. The van der Waals surface area contributed by atoms with Crippen molar-refractivity contribution in [2.75, 3.05) is 0 Å². The molecule has 0 aromatic rings. The largest absolute Gasteiger partial charge is 0.353 e. The first kappa shape index (κ1) is 14.4. The molecule has 2 nitrogen and oxygen atoms in total. The normalized spacial score (nSPS) is 40.0. The molecule has 3 rings (SSSR count). The van der Waals surface area contributed by atoms with Crippen LogP contribution in [-0.4, -0.2) is 11.9 Å². The van der Waals surface area contributed by atoms with Crippen molar-refractivity contribution in [1.29, 1.82) is 0 Å². The zero-order chi connectivity index (χ0) is 14.4. The molecule has 0 heterocycles. The first-order valence-corrected chi connectivity index (χ1v) is 8.73. The minimum atomic E-state index is 0.319. The van der Waals surface area contributed by atoms with E-state index in [4.69, 9.17) is 0 Å². The molecule has 0 spiro atoms. The van der Waals surface area contributed by atoms with E-state index in [1.54, 1.807) is 0 Å². The van der Waals surface area contributed by atoms with Crippen molar-refractivity contribution in [3.05, 3.63) is 0 Å². The summed E-state index contributed by atoms with van der Waals surface area (Å²) < 4.78 is 0. The van der Waals surface area contributed by atoms with Gasteiger partial charge in [-0.2, -0.15) is 0 Å². The topological polar surface area (TPSA) is 29.1 Å². The molecule has 3 atom stereocenters. The van der Waals surface area contributed by atoms with Gasteiger partial charge in [0.1, 0.15) is 0 Å². The van der Waals surface area contributed by atoms with Gasteiger partial charge >= 0.3 is 0 Å². The molecule has 2 bridgehead atoms. The molecular weight excluding hydrogens is 246 g/mol. The van der Waals surface area contributed by atoms with Gasteiger partial charge in [-0.25, -0.2) is 0 Å². The van der Waals surface area contributed by atoms with Crippen LogP contribution in [0.5, 0.6) is 0 Å². The van der Waals surface area contributed by atoms with Gasteiger partial charge < -0.3 is 5.32 Å². The SMILES string of the molecule is CC1(C)C2CCC1(C)C(NC(=O)CC1CCCCC1)C2. The average molecular weight is 277 g/mol. The van der Waals surface area contributed by atoms with Crippen molar-refractivity contribution in [1.82, 2.24) is 5.32 Å². The van der Waals surface area contributed by atoms with Crippen LogP contribution in [-0.2, 0) is 4.79 Å². The van der Waals surface area contributed by atoms with Crippen LogP contribution in [0.2, 0.25) is 0 Å². The molecule has 0 saturated heterocycles. The smallest absolute Gasteiger partial charge is 0.220 e. The van der Waals surface area contributed by atoms with E-state index >= 15 is 0 Å². The van der Waals surface area contributed by atoms with Gasteiger partial charge in [-0.05, 0) is 54.8 Å². The van der Waals surface area contributed by atoms with Crippen molar-refractivity contribution in [3.8, 4) is 0 Å². The maximum Gasteiger partial charge on any atom is 0.220 e. The van der Waals surface area contributed by atoms with Gasteiger partial charge in [0.2, 0.25) is 5.91 Å². The Morgan fingerprint density at radius 2 is 1.80 bits per heavy atom. The molecule has 3 aliphatic rings. The molecule has 1 N–H and O–H groups in total. The van der Waals surface area contributed by atoms with E-state index in [1.165, 1.54) is 51.4 Å². The Kier molecular flexibility index (Phi) is 3.63. The van der Waals surface area contributed by atoms with E-state index in [-0.39, 0.29) is 0 Å². The van der Waals surface area contributed by atoms with E-state index in [2.05, 4.69) is 26.1 Å². The van der Waals surface area contributed by atoms with Crippen LogP contribution in [0.25, 0.3) is 0 Å². The van der Waals surface area contributed by atoms with Crippen LogP contribution < -0.4 is 5.32 Å². The number of hydrogen-bond acceptors (Lipinski definition) is 1. The van der Waals surface area contributed by atoms with Crippen LogP contribution in [0, 0.1) is 22.7 Å². The third-order valence-corrected chi connectivity index (χ3v) is 7.33. The molecule has 20 heavy (non-hydrogen) atoms. The molecule has 3 unspecified atom stereocenters. The molecule has 3 aliphatic carbocycles. The second kappa shape index (κ2) is 5.03. The van der Waals surface area contributed by atoms with Crippen molar-refractivity contribution < 1.29 is 4.79 Å². The van der Waals surface area contributed by atoms with Gasteiger partial charge in [0.25, 0.3) is 0 Å². The predicted octanol–water partition coefficient (Wildman–Crippen LogP) is 4.29. The number of carbonyl (C=O) groups is 1. The second-order valence-corrected chi connectivity index (χ2v) is 8.44. The highest BCUT2D eigenvalue weighted by Crippen LogP contribution is 2.65. The standard InChI is InChI=1S/C18H31NO/c1-17(2)14-9-10-18(17,3)15(12-14)19-16(20)11-13-7-5-4-6-8-13/h13-15H,4-12H2,1-3H3,(H,19,20). The summed E-state index contributed by atoms with van der Waals surface area (Å²) in [5.74, 6) is 1.79. The molecule has 0 aliphatic heterocycles. The predicted molar refractivity (Wildman–Crippen MR) is 82.4 cm³/mol. The summed E-state index contributed by atoms with van der Waals surface area (Å²) in [5.41, 5.74) is 0.718. The third kappa shape index (κ3) is 2.19. The zero-order valence-corrected chi connectivity index (χ0v) is 13.5. The monoisotopic (exact) mass is 277 g/mol. The van der Waals surface area contributed by atoms with Crippen LogP contribution in [0.3, 0.4) is 0 Å². The number of carbonyl (C=O) groups excluding carboxylic acids is 1.